The molecule has 3 aromatic rings. The fraction of sp³-hybridized carbons (Fsp3) is 0.333. The lowest BCUT2D eigenvalue weighted by Crippen LogP contribution is -2.33. The molecule has 2 aromatic carbocycles. The first-order valence-corrected chi connectivity index (χ1v) is 10.1. The number of benzene rings is 2. The van der Waals surface area contributed by atoms with Crippen LogP contribution < -0.4 is 10.2 Å². The summed E-state index contributed by atoms with van der Waals surface area (Å²) < 4.78 is 0. The molecule has 0 aliphatic carbocycles. The van der Waals surface area contributed by atoms with E-state index in [4.69, 9.17) is 4.98 Å². The molecule has 1 aliphatic heterocycles. The van der Waals surface area contributed by atoms with Crippen LogP contribution in [0.3, 0.4) is 0 Å². The van der Waals surface area contributed by atoms with Crippen LogP contribution in [0.15, 0.2) is 60.9 Å². The maximum atomic E-state index is 4.95. The van der Waals surface area contributed by atoms with E-state index in [1.807, 2.05) is 18.5 Å². The number of nitrogens with zero attached hydrogens (tertiary/aromatic N) is 3. The fourth-order valence-electron chi connectivity index (χ4n) is 3.99. The average Bonchev–Trinajstić information content (AvgIpc) is 3.03. The van der Waals surface area contributed by atoms with Gasteiger partial charge in [0.15, 0.2) is 0 Å². The van der Waals surface area contributed by atoms with Crippen molar-refractivity contribution in [2.75, 3.05) is 25.0 Å². The molecule has 0 saturated carbocycles. The number of aromatic nitrogens is 2. The van der Waals surface area contributed by atoms with E-state index in [0.717, 1.165) is 36.6 Å². The minimum Gasteiger partial charge on any atom is -0.355 e. The minimum atomic E-state index is 0.515. The molecule has 144 valence electrons. The van der Waals surface area contributed by atoms with Crippen LogP contribution in [-0.4, -0.2) is 36.1 Å². The molecule has 0 spiro atoms. The van der Waals surface area contributed by atoms with Crippen LogP contribution in [0.25, 0.3) is 22.4 Å². The second-order valence-electron chi connectivity index (χ2n) is 7.60. The van der Waals surface area contributed by atoms with Crippen molar-refractivity contribution in [1.29, 1.82) is 0 Å². The van der Waals surface area contributed by atoms with E-state index in [-0.39, 0.29) is 0 Å². The highest BCUT2D eigenvalue weighted by molar-refractivity contribution is 5.72. The Morgan fingerprint density at radius 3 is 2.64 bits per heavy atom. The van der Waals surface area contributed by atoms with Crippen LogP contribution >= 0.6 is 0 Å². The van der Waals surface area contributed by atoms with Crippen molar-refractivity contribution in [3.05, 3.63) is 66.5 Å². The summed E-state index contributed by atoms with van der Waals surface area (Å²) in [6, 6.07) is 17.6. The number of aryl methyl sites for hydroxylation is 1. The van der Waals surface area contributed by atoms with Gasteiger partial charge in [0.05, 0.1) is 18.1 Å². The average molecular weight is 373 g/mol. The van der Waals surface area contributed by atoms with Gasteiger partial charge in [-0.3, -0.25) is 4.98 Å². The first-order chi connectivity index (χ1) is 13.7. The third kappa shape index (κ3) is 4.07. The van der Waals surface area contributed by atoms with Crippen LogP contribution in [0.1, 0.15) is 24.8 Å². The molecule has 1 N–H and O–H groups in total. The molecule has 0 radical (unpaired) electrons. The van der Waals surface area contributed by atoms with Gasteiger partial charge in [0.1, 0.15) is 5.82 Å². The summed E-state index contributed by atoms with van der Waals surface area (Å²) >= 11 is 0. The molecule has 1 saturated heterocycles. The number of anilines is 1. The van der Waals surface area contributed by atoms with Gasteiger partial charge in [-0.1, -0.05) is 48.5 Å². The van der Waals surface area contributed by atoms with Crippen molar-refractivity contribution in [2.45, 2.75) is 32.2 Å². The van der Waals surface area contributed by atoms with Gasteiger partial charge in [-0.05, 0) is 56.0 Å². The lowest BCUT2D eigenvalue weighted by molar-refractivity contribution is 0.562. The zero-order valence-corrected chi connectivity index (χ0v) is 16.7. The van der Waals surface area contributed by atoms with Gasteiger partial charge in [-0.25, -0.2) is 4.98 Å². The smallest absolute Gasteiger partial charge is 0.147 e. The van der Waals surface area contributed by atoms with Crippen LogP contribution in [0.5, 0.6) is 0 Å². The highest BCUT2D eigenvalue weighted by Crippen LogP contribution is 2.28. The Balaban J connectivity index is 1.60. The maximum absolute atomic E-state index is 4.95. The highest BCUT2D eigenvalue weighted by atomic mass is 15.2. The molecule has 1 aromatic heterocycles. The van der Waals surface area contributed by atoms with Crippen molar-refractivity contribution in [3.8, 4) is 22.4 Å². The van der Waals surface area contributed by atoms with Crippen molar-refractivity contribution in [3.63, 3.8) is 0 Å². The summed E-state index contributed by atoms with van der Waals surface area (Å²) in [7, 11) is 2.15. The first-order valence-electron chi connectivity index (χ1n) is 10.1. The summed E-state index contributed by atoms with van der Waals surface area (Å²) in [5, 5.41) is 3.48. The normalized spacial score (nSPS) is 17.1. The lowest BCUT2D eigenvalue weighted by Gasteiger charge is -2.28. The predicted molar refractivity (Wildman–Crippen MR) is 117 cm³/mol. The highest BCUT2D eigenvalue weighted by Gasteiger charge is 2.19. The molecule has 4 rings (SSSR count). The summed E-state index contributed by atoms with van der Waals surface area (Å²) in [6.07, 6.45) is 7.31. The van der Waals surface area contributed by atoms with Crippen LogP contribution in [0.2, 0.25) is 0 Å². The van der Waals surface area contributed by atoms with Gasteiger partial charge >= 0.3 is 0 Å². The second-order valence-corrected chi connectivity index (χ2v) is 7.60. The van der Waals surface area contributed by atoms with E-state index in [2.05, 4.69) is 71.6 Å². The van der Waals surface area contributed by atoms with Crippen LogP contribution in [-0.2, 0) is 0 Å². The third-order valence-corrected chi connectivity index (χ3v) is 5.69. The SMILES string of the molecule is Cc1cc(-c2ccccc2)ccc1-c1cncc(N(C)C2CCCNCC2)n1. The van der Waals surface area contributed by atoms with E-state index in [0.29, 0.717) is 6.04 Å². The molecule has 0 bridgehead atoms. The summed E-state index contributed by atoms with van der Waals surface area (Å²) in [6.45, 7) is 4.34. The van der Waals surface area contributed by atoms with Gasteiger partial charge in [-0.2, -0.15) is 0 Å². The van der Waals surface area contributed by atoms with Crippen molar-refractivity contribution in [2.24, 2.45) is 0 Å². The Labute approximate surface area is 167 Å². The van der Waals surface area contributed by atoms with Crippen molar-refractivity contribution < 1.29 is 0 Å². The van der Waals surface area contributed by atoms with E-state index >= 15 is 0 Å². The molecule has 4 nitrogen and oxygen atoms in total. The minimum absolute atomic E-state index is 0.515. The summed E-state index contributed by atoms with van der Waals surface area (Å²) in [4.78, 5) is 11.8. The molecular weight excluding hydrogens is 344 g/mol. The summed E-state index contributed by atoms with van der Waals surface area (Å²) in [5.74, 6) is 0.955. The van der Waals surface area contributed by atoms with Crippen LogP contribution in [0.4, 0.5) is 5.82 Å². The Hall–Kier alpha value is -2.72. The zero-order chi connectivity index (χ0) is 19.3. The fourth-order valence-corrected chi connectivity index (χ4v) is 3.99. The van der Waals surface area contributed by atoms with Crippen molar-refractivity contribution >= 4 is 5.82 Å². The van der Waals surface area contributed by atoms with Gasteiger partial charge in [0.2, 0.25) is 0 Å². The lowest BCUT2D eigenvalue weighted by atomic mass is 9.98. The van der Waals surface area contributed by atoms with Gasteiger partial charge < -0.3 is 10.2 Å². The molecular formula is C24H28N4. The topological polar surface area (TPSA) is 41.1 Å². The second kappa shape index (κ2) is 8.53. The van der Waals surface area contributed by atoms with Gasteiger partial charge in [0, 0.05) is 18.7 Å². The van der Waals surface area contributed by atoms with E-state index in [1.165, 1.54) is 29.5 Å². The Morgan fingerprint density at radius 2 is 1.82 bits per heavy atom. The Morgan fingerprint density at radius 1 is 0.964 bits per heavy atom. The van der Waals surface area contributed by atoms with E-state index < -0.39 is 0 Å². The van der Waals surface area contributed by atoms with Crippen LogP contribution in [0, 0.1) is 6.92 Å². The number of rotatable bonds is 4. The Bertz CT molecular complexity index is 915. The van der Waals surface area contributed by atoms with Crippen molar-refractivity contribution in [1.82, 2.24) is 15.3 Å². The predicted octanol–water partition coefficient (Wildman–Crippen LogP) is 4.70. The molecule has 4 heteroatoms. The molecule has 28 heavy (non-hydrogen) atoms. The molecule has 1 aliphatic rings. The zero-order valence-electron chi connectivity index (χ0n) is 16.7. The van der Waals surface area contributed by atoms with Gasteiger partial charge in [0.25, 0.3) is 0 Å². The van der Waals surface area contributed by atoms with Gasteiger partial charge in [-0.15, -0.1) is 0 Å². The molecule has 1 fully saturated rings. The largest absolute Gasteiger partial charge is 0.355 e. The number of hydrogen-bond donors (Lipinski definition) is 1. The Kier molecular flexibility index (Phi) is 5.68. The molecule has 2 heterocycles. The van der Waals surface area contributed by atoms with E-state index in [9.17, 15) is 0 Å². The quantitative estimate of drug-likeness (QED) is 0.721. The first kappa shape index (κ1) is 18.6. The summed E-state index contributed by atoms with van der Waals surface area (Å²) in [5.41, 5.74) is 5.76. The van der Waals surface area contributed by atoms with E-state index in [1.54, 1.807) is 0 Å². The standard InChI is InChI=1S/C24H28N4/c1-18-15-20(19-7-4-3-5-8-19)10-11-22(18)23-16-26-17-24(27-23)28(2)21-9-6-13-25-14-12-21/h3-5,7-8,10-11,15-17,21,25H,6,9,12-14H2,1-2H3. The third-order valence-electron chi connectivity index (χ3n) is 5.69. The molecule has 1 unspecified atom stereocenters. The monoisotopic (exact) mass is 372 g/mol. The number of hydrogen-bond acceptors (Lipinski definition) is 4. The number of nitrogens with one attached hydrogen (secondary N) is 1. The molecule has 1 atom stereocenters. The molecule has 0 amide bonds. The maximum Gasteiger partial charge on any atom is 0.147 e.